The maximum absolute atomic E-state index is 10.2. The van der Waals surface area contributed by atoms with Gasteiger partial charge in [0.2, 0.25) is 0 Å². The number of hydrogen-bond donors (Lipinski definition) is 2. The third kappa shape index (κ3) is 2.96. The highest BCUT2D eigenvalue weighted by molar-refractivity contribution is 5.47. The molecular weight excluding hydrogens is 272 g/mol. The summed E-state index contributed by atoms with van der Waals surface area (Å²) in [6.07, 6.45) is 0.718. The van der Waals surface area contributed by atoms with Crippen molar-refractivity contribution < 1.29 is 10.2 Å². The molecule has 0 saturated heterocycles. The molecule has 110 valence electrons. The fourth-order valence-electron chi connectivity index (χ4n) is 2.80. The molecule has 0 unspecified atom stereocenters. The van der Waals surface area contributed by atoms with Crippen molar-refractivity contribution in [3.63, 3.8) is 0 Å². The minimum absolute atomic E-state index is 0.0928. The summed E-state index contributed by atoms with van der Waals surface area (Å²) in [7, 11) is 0. The molecule has 0 bridgehead atoms. The topological polar surface area (TPSA) is 40.5 Å². The van der Waals surface area contributed by atoms with Gasteiger partial charge < -0.3 is 10.2 Å². The van der Waals surface area contributed by atoms with Gasteiger partial charge >= 0.3 is 0 Å². The molecule has 22 heavy (non-hydrogen) atoms. The molecule has 0 spiro atoms. The Bertz CT molecular complexity index is 705. The molecule has 0 aliphatic rings. The Labute approximate surface area is 130 Å². The van der Waals surface area contributed by atoms with Crippen LogP contribution in [-0.2, 0) is 6.42 Å². The van der Waals surface area contributed by atoms with Gasteiger partial charge in [-0.05, 0) is 24.1 Å². The Balaban J connectivity index is 2.07. The normalized spacial score (nSPS) is 10.8. The molecule has 0 saturated carbocycles. The van der Waals surface area contributed by atoms with Gasteiger partial charge in [0.25, 0.3) is 0 Å². The van der Waals surface area contributed by atoms with Crippen LogP contribution in [0.25, 0.3) is 0 Å². The summed E-state index contributed by atoms with van der Waals surface area (Å²) in [4.78, 5) is 0. The molecule has 0 atom stereocenters. The summed E-state index contributed by atoms with van der Waals surface area (Å²) in [5.74, 6) is 0.420. The number of para-hydroxylation sites is 2. The Morgan fingerprint density at radius 1 is 0.591 bits per heavy atom. The highest BCUT2D eigenvalue weighted by Crippen LogP contribution is 2.37. The fourth-order valence-corrected chi connectivity index (χ4v) is 2.80. The lowest BCUT2D eigenvalue weighted by atomic mass is 9.85. The average molecular weight is 290 g/mol. The summed E-state index contributed by atoms with van der Waals surface area (Å²) < 4.78 is 0. The molecule has 0 radical (unpaired) electrons. The highest BCUT2D eigenvalue weighted by atomic mass is 16.3. The second-order valence-corrected chi connectivity index (χ2v) is 5.36. The second-order valence-electron chi connectivity index (χ2n) is 5.36. The van der Waals surface area contributed by atoms with E-state index >= 15 is 0 Å². The monoisotopic (exact) mass is 290 g/mol. The molecule has 0 aliphatic heterocycles. The van der Waals surface area contributed by atoms with Crippen LogP contribution in [0.5, 0.6) is 11.5 Å². The number of aromatic hydroxyl groups is 2. The van der Waals surface area contributed by atoms with Crippen LogP contribution < -0.4 is 0 Å². The van der Waals surface area contributed by atoms with Crippen molar-refractivity contribution in [1.29, 1.82) is 0 Å². The lowest BCUT2D eigenvalue weighted by Gasteiger charge is -2.20. The van der Waals surface area contributed by atoms with Crippen LogP contribution in [0.4, 0.5) is 0 Å². The van der Waals surface area contributed by atoms with Crippen molar-refractivity contribution in [1.82, 2.24) is 0 Å². The van der Waals surface area contributed by atoms with E-state index in [1.807, 2.05) is 54.6 Å². The van der Waals surface area contributed by atoms with E-state index in [2.05, 4.69) is 12.1 Å². The standard InChI is InChI=1S/C20H18O2/c21-19-12-6-4-10-16(19)18(14-15-8-2-1-3-9-15)17-11-5-7-13-20(17)22/h1-13,18,21-22H,14H2. The zero-order chi connectivity index (χ0) is 15.4. The Morgan fingerprint density at radius 2 is 1.05 bits per heavy atom. The lowest BCUT2D eigenvalue weighted by Crippen LogP contribution is -2.06. The zero-order valence-corrected chi connectivity index (χ0v) is 12.2. The third-order valence-corrected chi connectivity index (χ3v) is 3.91. The predicted molar refractivity (Wildman–Crippen MR) is 88.2 cm³/mol. The SMILES string of the molecule is Oc1ccccc1C(Cc1ccccc1)c1ccccc1O. The van der Waals surface area contributed by atoms with E-state index in [1.54, 1.807) is 12.1 Å². The summed E-state index contributed by atoms with van der Waals surface area (Å²) >= 11 is 0. The van der Waals surface area contributed by atoms with Crippen LogP contribution in [0, 0.1) is 0 Å². The van der Waals surface area contributed by atoms with Crippen molar-refractivity contribution in [2.24, 2.45) is 0 Å². The van der Waals surface area contributed by atoms with E-state index in [-0.39, 0.29) is 17.4 Å². The molecule has 3 aromatic carbocycles. The quantitative estimate of drug-likeness (QED) is 0.744. The van der Waals surface area contributed by atoms with Gasteiger partial charge in [-0.1, -0.05) is 66.7 Å². The van der Waals surface area contributed by atoms with Crippen LogP contribution in [0.2, 0.25) is 0 Å². The summed E-state index contributed by atoms with van der Waals surface area (Å²) in [6.45, 7) is 0. The highest BCUT2D eigenvalue weighted by Gasteiger charge is 2.20. The predicted octanol–water partition coefficient (Wildman–Crippen LogP) is 4.47. The van der Waals surface area contributed by atoms with Gasteiger partial charge in [0.1, 0.15) is 11.5 Å². The van der Waals surface area contributed by atoms with Crippen LogP contribution in [0.15, 0.2) is 78.9 Å². The van der Waals surface area contributed by atoms with Crippen LogP contribution in [-0.4, -0.2) is 10.2 Å². The van der Waals surface area contributed by atoms with Gasteiger partial charge in [0.15, 0.2) is 0 Å². The van der Waals surface area contributed by atoms with Crippen molar-refractivity contribution in [3.05, 3.63) is 95.6 Å². The summed E-state index contributed by atoms with van der Waals surface area (Å²) in [5, 5.41) is 20.5. The van der Waals surface area contributed by atoms with Crippen LogP contribution >= 0.6 is 0 Å². The first kappa shape index (κ1) is 14.2. The van der Waals surface area contributed by atoms with Gasteiger partial charge in [0, 0.05) is 17.0 Å². The van der Waals surface area contributed by atoms with Crippen molar-refractivity contribution >= 4 is 0 Å². The van der Waals surface area contributed by atoms with E-state index in [9.17, 15) is 10.2 Å². The van der Waals surface area contributed by atoms with Gasteiger partial charge in [-0.15, -0.1) is 0 Å². The molecule has 3 aromatic rings. The molecule has 0 amide bonds. The minimum Gasteiger partial charge on any atom is -0.508 e. The largest absolute Gasteiger partial charge is 0.508 e. The maximum atomic E-state index is 10.2. The molecule has 0 aliphatic carbocycles. The molecule has 3 rings (SSSR count). The first-order chi connectivity index (χ1) is 10.8. The van der Waals surface area contributed by atoms with E-state index in [0.29, 0.717) is 0 Å². The van der Waals surface area contributed by atoms with Gasteiger partial charge in [-0.3, -0.25) is 0 Å². The van der Waals surface area contributed by atoms with Crippen LogP contribution in [0.1, 0.15) is 22.6 Å². The molecule has 0 heterocycles. The Hall–Kier alpha value is -2.74. The van der Waals surface area contributed by atoms with E-state index in [4.69, 9.17) is 0 Å². The molecular formula is C20H18O2. The molecule has 0 fully saturated rings. The maximum Gasteiger partial charge on any atom is 0.119 e. The molecule has 2 nitrogen and oxygen atoms in total. The third-order valence-electron chi connectivity index (χ3n) is 3.91. The molecule has 0 aromatic heterocycles. The van der Waals surface area contributed by atoms with Gasteiger partial charge in [-0.2, -0.15) is 0 Å². The molecule has 2 N–H and O–H groups in total. The zero-order valence-electron chi connectivity index (χ0n) is 12.2. The Kier molecular flexibility index (Phi) is 4.10. The van der Waals surface area contributed by atoms with Crippen molar-refractivity contribution in [2.45, 2.75) is 12.3 Å². The van der Waals surface area contributed by atoms with Crippen molar-refractivity contribution in [3.8, 4) is 11.5 Å². The average Bonchev–Trinajstić information content (AvgIpc) is 2.55. The summed E-state index contributed by atoms with van der Waals surface area (Å²) in [6, 6.07) is 24.8. The van der Waals surface area contributed by atoms with E-state index in [0.717, 1.165) is 17.5 Å². The number of rotatable bonds is 4. The smallest absolute Gasteiger partial charge is 0.119 e. The number of phenols is 2. The van der Waals surface area contributed by atoms with Gasteiger partial charge in [-0.25, -0.2) is 0 Å². The number of hydrogen-bond acceptors (Lipinski definition) is 2. The Morgan fingerprint density at radius 3 is 1.55 bits per heavy atom. The van der Waals surface area contributed by atoms with E-state index < -0.39 is 0 Å². The fraction of sp³-hybridized carbons (Fsp3) is 0.100. The van der Waals surface area contributed by atoms with Gasteiger partial charge in [0.05, 0.1) is 0 Å². The first-order valence-electron chi connectivity index (χ1n) is 7.35. The first-order valence-corrected chi connectivity index (χ1v) is 7.35. The number of phenolic OH excluding ortho intramolecular Hbond substituents is 2. The lowest BCUT2D eigenvalue weighted by molar-refractivity contribution is 0.454. The second kappa shape index (κ2) is 6.35. The van der Waals surface area contributed by atoms with Crippen LogP contribution in [0.3, 0.4) is 0 Å². The number of benzene rings is 3. The minimum atomic E-state index is -0.0928. The summed E-state index contributed by atoms with van der Waals surface area (Å²) in [5.41, 5.74) is 2.82. The molecule has 2 heteroatoms. The van der Waals surface area contributed by atoms with Crippen molar-refractivity contribution in [2.75, 3.05) is 0 Å². The van der Waals surface area contributed by atoms with E-state index in [1.165, 1.54) is 5.56 Å².